The third kappa shape index (κ3) is 4.82. The molecule has 0 saturated heterocycles. The van der Waals surface area contributed by atoms with E-state index in [1.807, 2.05) is 4.74 Å². The zero-order valence-corrected chi connectivity index (χ0v) is 4.55. The third-order valence-electron chi connectivity index (χ3n) is 0.428. The van der Waals surface area contributed by atoms with Crippen molar-refractivity contribution in [2.45, 2.75) is 12.5 Å². The predicted molar refractivity (Wildman–Crippen MR) is 17.5 cm³/mol. The summed E-state index contributed by atoms with van der Waals surface area (Å²) in [7, 11) is 0. The average Bonchev–Trinajstić information content (AvgIpc) is 1.56. The van der Waals surface area contributed by atoms with E-state index in [9.17, 15) is 30.7 Å². The van der Waals surface area contributed by atoms with Crippen LogP contribution in [0.2, 0.25) is 0 Å². The van der Waals surface area contributed by atoms with Crippen molar-refractivity contribution in [3.05, 3.63) is 6.36 Å². The van der Waals surface area contributed by atoms with Crippen LogP contribution in [0.15, 0.2) is 0 Å². The number of alkyl halides is 6. The van der Waals surface area contributed by atoms with Crippen molar-refractivity contribution in [1.82, 2.24) is 0 Å². The Morgan fingerprint density at radius 3 is 1.36 bits per heavy atom. The molecule has 0 aromatic carbocycles. The van der Waals surface area contributed by atoms with Crippen molar-refractivity contribution >= 4 is 0 Å². The van der Waals surface area contributed by atoms with Gasteiger partial charge in [0, 0.05) is 0 Å². The summed E-state index contributed by atoms with van der Waals surface area (Å²) >= 11 is 0. The molecule has 0 amide bonds. The smallest absolute Gasteiger partial charge is 0.240 e. The van der Waals surface area contributed by atoms with Crippen molar-refractivity contribution in [3.8, 4) is 0 Å². The third-order valence-corrected chi connectivity index (χ3v) is 0.428. The summed E-state index contributed by atoms with van der Waals surface area (Å²) in [6.07, 6.45) is -14.9. The first-order valence-corrected chi connectivity index (χ1v) is 1.98. The molecule has 0 N–H and O–H groups in total. The van der Waals surface area contributed by atoms with Gasteiger partial charge in [-0.3, -0.25) is 0 Å². The fourth-order valence-corrected chi connectivity index (χ4v) is 0.159. The lowest BCUT2D eigenvalue weighted by atomic mass is 10.7. The van der Waals surface area contributed by atoms with Gasteiger partial charge in [0.05, 0.1) is 0 Å². The number of ether oxygens (including phenoxy) is 1. The molecule has 0 bridgehead atoms. The number of hydrogen-bond acceptors (Lipinski definition) is 1. The first-order valence-electron chi connectivity index (χ1n) is 1.98. The zero-order chi connectivity index (χ0) is 9.28. The summed E-state index contributed by atoms with van der Waals surface area (Å²) in [5, 5.41) is 0. The van der Waals surface area contributed by atoms with Crippen LogP contribution in [0.3, 0.4) is 0 Å². The van der Waals surface area contributed by atoms with Gasteiger partial charge in [-0.1, -0.05) is 0 Å². The quantitative estimate of drug-likeness (QED) is 0.570. The molecule has 0 rings (SSSR count). The Labute approximate surface area is 55.7 Å². The highest BCUT2D eigenvalue weighted by atomic mass is 19.4. The van der Waals surface area contributed by atoms with Gasteiger partial charge in [0.2, 0.25) is 0 Å². The van der Waals surface area contributed by atoms with Crippen LogP contribution in [0.25, 0.3) is 0 Å². The molecule has 0 heterocycles. The van der Waals surface area contributed by atoms with Crippen molar-refractivity contribution in [1.29, 1.82) is 0 Å². The Morgan fingerprint density at radius 2 is 1.27 bits per heavy atom. The van der Waals surface area contributed by atoms with E-state index in [0.29, 0.717) is 0 Å². The summed E-state index contributed by atoms with van der Waals surface area (Å²) in [6.45, 7) is 0. The van der Waals surface area contributed by atoms with E-state index in [0.717, 1.165) is 0 Å². The lowest BCUT2D eigenvalue weighted by molar-refractivity contribution is -0.363. The summed E-state index contributed by atoms with van der Waals surface area (Å²) in [5.74, 6) is 0. The first-order chi connectivity index (χ1) is 4.63. The minimum Gasteiger partial charge on any atom is -0.240 e. The van der Waals surface area contributed by atoms with Crippen LogP contribution in [0.4, 0.5) is 30.7 Å². The van der Waals surface area contributed by atoms with E-state index in [-0.39, 0.29) is 0 Å². The SMILES string of the molecule is F[C](OC(F)(F)F)C(F)(F)F. The molecule has 1 radical (unpaired) electrons. The molecule has 0 aromatic rings. The molecule has 0 aliphatic rings. The second-order valence-corrected chi connectivity index (χ2v) is 1.32. The van der Waals surface area contributed by atoms with Gasteiger partial charge in [0.25, 0.3) is 0 Å². The topological polar surface area (TPSA) is 9.23 Å². The number of halogens is 7. The highest BCUT2D eigenvalue weighted by Gasteiger charge is 2.50. The van der Waals surface area contributed by atoms with Crippen molar-refractivity contribution in [3.63, 3.8) is 0 Å². The van der Waals surface area contributed by atoms with Gasteiger partial charge in [0.15, 0.2) is 0 Å². The Morgan fingerprint density at radius 1 is 0.909 bits per heavy atom. The van der Waals surface area contributed by atoms with Gasteiger partial charge < -0.3 is 0 Å². The molecule has 1 nitrogen and oxygen atoms in total. The molecular weight excluding hydrogens is 185 g/mol. The molecule has 11 heavy (non-hydrogen) atoms. The Kier molecular flexibility index (Phi) is 2.70. The maximum absolute atomic E-state index is 11.3. The molecule has 8 heteroatoms. The van der Waals surface area contributed by atoms with Crippen molar-refractivity contribution in [2.75, 3.05) is 0 Å². The second kappa shape index (κ2) is 2.84. The van der Waals surface area contributed by atoms with Gasteiger partial charge in [-0.15, -0.1) is 13.2 Å². The number of hydrogen-bond donors (Lipinski definition) is 0. The molecule has 0 aromatic heterocycles. The van der Waals surface area contributed by atoms with E-state index < -0.39 is 18.9 Å². The molecule has 0 spiro atoms. The maximum atomic E-state index is 11.3. The van der Waals surface area contributed by atoms with Crippen LogP contribution in [0.5, 0.6) is 0 Å². The normalized spacial score (nSPS) is 14.2. The van der Waals surface area contributed by atoms with Crippen LogP contribution in [-0.4, -0.2) is 12.5 Å². The summed E-state index contributed by atoms with van der Waals surface area (Å²) in [6, 6.07) is 0. The van der Waals surface area contributed by atoms with Crippen LogP contribution in [0.1, 0.15) is 0 Å². The van der Waals surface area contributed by atoms with Gasteiger partial charge in [-0.25, -0.2) is 4.74 Å². The van der Waals surface area contributed by atoms with E-state index in [2.05, 4.69) is 0 Å². The van der Waals surface area contributed by atoms with Gasteiger partial charge in [-0.05, 0) is 0 Å². The summed E-state index contributed by atoms with van der Waals surface area (Å²) < 4.78 is 78.6. The van der Waals surface area contributed by atoms with Gasteiger partial charge in [0.1, 0.15) is 0 Å². The molecule has 0 fully saturated rings. The highest BCUT2D eigenvalue weighted by Crippen LogP contribution is 2.35. The molecule has 0 atom stereocenters. The van der Waals surface area contributed by atoms with Gasteiger partial charge >= 0.3 is 18.9 Å². The lowest BCUT2D eigenvalue weighted by Crippen LogP contribution is -2.26. The number of rotatable bonds is 1. The average molecular weight is 185 g/mol. The Bertz CT molecular complexity index is 123. The standard InChI is InChI=1S/C3F7O/c4-1(2(5,6)7)11-3(8,9)10. The van der Waals surface area contributed by atoms with Crippen LogP contribution in [-0.2, 0) is 4.74 Å². The first kappa shape index (κ1) is 10.5. The van der Waals surface area contributed by atoms with Crippen LogP contribution in [0, 0.1) is 6.36 Å². The summed E-state index contributed by atoms with van der Waals surface area (Å²) in [5.41, 5.74) is 0. The fraction of sp³-hybridized carbons (Fsp3) is 0.667. The fourth-order valence-electron chi connectivity index (χ4n) is 0.159. The molecular formula is C3F7O. The van der Waals surface area contributed by atoms with Crippen molar-refractivity contribution in [2.24, 2.45) is 0 Å². The van der Waals surface area contributed by atoms with E-state index in [1.165, 1.54) is 0 Å². The summed E-state index contributed by atoms with van der Waals surface area (Å²) in [4.78, 5) is 0. The van der Waals surface area contributed by atoms with Crippen LogP contribution >= 0.6 is 0 Å². The van der Waals surface area contributed by atoms with Crippen molar-refractivity contribution < 1.29 is 35.5 Å². The monoisotopic (exact) mass is 185 g/mol. The lowest BCUT2D eigenvalue weighted by Gasteiger charge is -2.12. The van der Waals surface area contributed by atoms with E-state index in [1.54, 1.807) is 0 Å². The maximum Gasteiger partial charge on any atom is 0.525 e. The van der Waals surface area contributed by atoms with E-state index >= 15 is 0 Å². The minimum absolute atomic E-state index is 1.93. The predicted octanol–water partition coefficient (Wildman–Crippen LogP) is 2.54. The zero-order valence-electron chi connectivity index (χ0n) is 4.55. The van der Waals surface area contributed by atoms with Gasteiger partial charge in [-0.2, -0.15) is 17.6 Å². The Balaban J connectivity index is 3.99. The molecule has 0 unspecified atom stereocenters. The Hall–Kier alpha value is -0.530. The molecule has 0 aliphatic carbocycles. The largest absolute Gasteiger partial charge is 0.525 e. The molecule has 0 aliphatic heterocycles. The minimum atomic E-state index is -5.73. The van der Waals surface area contributed by atoms with Crippen LogP contribution < -0.4 is 0 Å². The molecule has 0 saturated carbocycles. The molecule has 67 valence electrons. The second-order valence-electron chi connectivity index (χ2n) is 1.32. The van der Waals surface area contributed by atoms with E-state index in [4.69, 9.17) is 0 Å². The highest BCUT2D eigenvalue weighted by molar-refractivity contribution is 4.73.